The molecule has 7 nitrogen and oxygen atoms in total. The molecule has 1 unspecified atom stereocenters. The molecule has 1 saturated carbocycles. The Morgan fingerprint density at radius 3 is 2.58 bits per heavy atom. The van der Waals surface area contributed by atoms with Crippen LogP contribution in [0, 0.1) is 23.7 Å². The maximum Gasteiger partial charge on any atom is 0.262 e. The van der Waals surface area contributed by atoms with Crippen LogP contribution in [-0.4, -0.2) is 76.7 Å². The third-order valence-electron chi connectivity index (χ3n) is 13.1. The van der Waals surface area contributed by atoms with Crippen LogP contribution in [0.4, 0.5) is 5.69 Å². The van der Waals surface area contributed by atoms with Crippen LogP contribution in [0.3, 0.4) is 0 Å². The molecule has 2 aromatic carbocycles. The van der Waals surface area contributed by atoms with Gasteiger partial charge in [0.15, 0.2) is 0 Å². The minimum atomic E-state index is -2.92. The zero-order valence-corrected chi connectivity index (χ0v) is 30.6. The Bertz CT molecular complexity index is 1640. The van der Waals surface area contributed by atoms with E-state index in [0.717, 1.165) is 107 Å². The summed E-state index contributed by atoms with van der Waals surface area (Å²) in [6, 6.07) is 12.0. The molecule has 7 atom stereocenters. The van der Waals surface area contributed by atoms with Crippen LogP contribution in [0.25, 0.3) is 0 Å². The molecular weight excluding hydrogens is 642 g/mol. The molecule has 2 N–H and O–H groups in total. The lowest BCUT2D eigenvalue weighted by molar-refractivity contribution is -0.138. The van der Waals surface area contributed by atoms with Crippen molar-refractivity contribution in [2.45, 2.75) is 94.3 Å². The average Bonchev–Trinajstić information content (AvgIpc) is 3.19. The van der Waals surface area contributed by atoms with E-state index in [1.807, 2.05) is 25.1 Å². The largest absolute Gasteiger partial charge is 0.490 e. The van der Waals surface area contributed by atoms with E-state index >= 15 is 0 Å². The number of aliphatic hydroxyl groups is 1. The molecule has 2 aromatic rings. The minimum absolute atomic E-state index is 0.0857. The molecule has 3 heterocycles. The van der Waals surface area contributed by atoms with Gasteiger partial charge < -0.3 is 19.6 Å². The van der Waals surface area contributed by atoms with Crippen LogP contribution >= 0.6 is 11.6 Å². The molecule has 7 rings (SSSR count). The maximum absolute atomic E-state index is 13.9. The summed E-state index contributed by atoms with van der Waals surface area (Å²) in [6.07, 6.45) is 9.70. The van der Waals surface area contributed by atoms with Gasteiger partial charge >= 0.3 is 0 Å². The van der Waals surface area contributed by atoms with Gasteiger partial charge in [-0.05, 0) is 156 Å². The summed E-state index contributed by atoms with van der Waals surface area (Å²) in [5.74, 6) is 5.38. The summed E-state index contributed by atoms with van der Waals surface area (Å²) in [5.41, 5.74) is 3.01. The van der Waals surface area contributed by atoms with Crippen LogP contribution in [0.5, 0.6) is 5.75 Å². The summed E-state index contributed by atoms with van der Waals surface area (Å²) >= 11 is 6.48. The van der Waals surface area contributed by atoms with E-state index in [0.29, 0.717) is 18.1 Å². The van der Waals surface area contributed by atoms with Crippen molar-refractivity contribution in [1.29, 1.82) is 0 Å². The first-order valence-corrected chi connectivity index (χ1v) is 20.5. The lowest BCUT2D eigenvalue weighted by Crippen LogP contribution is -2.57. The van der Waals surface area contributed by atoms with E-state index in [1.165, 1.54) is 11.1 Å². The molecule has 2 bridgehead atoms. The average molecular weight is 696 g/mol. The fourth-order valence-corrected chi connectivity index (χ4v) is 11.5. The van der Waals surface area contributed by atoms with Gasteiger partial charge in [-0.15, -0.1) is 0 Å². The van der Waals surface area contributed by atoms with Crippen molar-refractivity contribution in [2.75, 3.05) is 44.7 Å². The lowest BCUT2D eigenvalue weighted by Gasteiger charge is -2.54. The Balaban J connectivity index is 1.30. The van der Waals surface area contributed by atoms with E-state index in [-0.39, 0.29) is 34.3 Å². The summed E-state index contributed by atoms with van der Waals surface area (Å²) in [7, 11) is -0.739. The highest BCUT2D eigenvalue weighted by molar-refractivity contribution is 7.99. The third-order valence-corrected chi connectivity index (χ3v) is 15.6. The fourth-order valence-electron chi connectivity index (χ4n) is 9.81. The quantitative estimate of drug-likeness (QED) is 0.333. The Labute approximate surface area is 292 Å². The van der Waals surface area contributed by atoms with Crippen LogP contribution in [0.2, 0.25) is 5.02 Å². The van der Waals surface area contributed by atoms with Gasteiger partial charge in [-0.3, -0.25) is 9.52 Å². The lowest BCUT2D eigenvalue weighted by atomic mass is 9.58. The van der Waals surface area contributed by atoms with E-state index in [2.05, 4.69) is 46.5 Å². The topological polar surface area (TPSA) is 82.1 Å². The number of halogens is 1. The molecule has 3 aliphatic heterocycles. The molecule has 5 aliphatic rings. The maximum atomic E-state index is 13.9. The van der Waals surface area contributed by atoms with Gasteiger partial charge in [-0.25, -0.2) is 4.21 Å². The number of rotatable bonds is 1. The number of aryl methyl sites for hydroxylation is 1. The van der Waals surface area contributed by atoms with E-state index in [4.69, 9.17) is 16.3 Å². The Hall–Kier alpha value is -2.26. The minimum Gasteiger partial charge on any atom is -0.490 e. The molecule has 48 heavy (non-hydrogen) atoms. The highest BCUT2D eigenvalue weighted by atomic mass is 35.5. The highest BCUT2D eigenvalue weighted by Crippen LogP contribution is 2.52. The molecule has 0 aromatic heterocycles. The molecule has 1 spiro atoms. The number of nitrogens with zero attached hydrogens (tertiary/aromatic N) is 2. The number of nitrogens with one attached hydrogen (secondary N) is 1. The zero-order valence-electron chi connectivity index (χ0n) is 29.0. The number of piperidine rings is 1. The number of carbonyl (C=O) groups excluding carboxylic acids is 1. The molecule has 9 heteroatoms. The number of anilines is 1. The molecule has 262 valence electrons. The monoisotopic (exact) mass is 695 g/mol. The van der Waals surface area contributed by atoms with Gasteiger partial charge in [0.2, 0.25) is 0 Å². The number of carbonyl (C=O) groups is 1. The molecule has 1 saturated heterocycles. The Kier molecular flexibility index (Phi) is 9.36. The normalized spacial score (nSPS) is 36.6. The molecular formula is C39H54ClN3O4S. The van der Waals surface area contributed by atoms with Crippen molar-refractivity contribution in [3.8, 4) is 5.75 Å². The van der Waals surface area contributed by atoms with Gasteiger partial charge in [-0.1, -0.05) is 31.0 Å². The van der Waals surface area contributed by atoms with Crippen LogP contribution < -0.4 is 14.4 Å². The van der Waals surface area contributed by atoms with Crippen molar-refractivity contribution in [3.63, 3.8) is 0 Å². The van der Waals surface area contributed by atoms with Crippen molar-refractivity contribution in [1.82, 2.24) is 9.62 Å². The number of fused-ring (bicyclic) bond motifs is 4. The second-order valence-corrected chi connectivity index (χ2v) is 18.9. The molecule has 2 fully saturated rings. The number of hydrogen-bond acceptors (Lipinski definition) is 6. The van der Waals surface area contributed by atoms with Gasteiger partial charge in [0.05, 0.1) is 27.6 Å². The zero-order chi connectivity index (χ0) is 33.8. The van der Waals surface area contributed by atoms with Gasteiger partial charge in [0.1, 0.15) is 5.75 Å². The van der Waals surface area contributed by atoms with Crippen molar-refractivity contribution in [2.24, 2.45) is 23.7 Å². The summed E-state index contributed by atoms with van der Waals surface area (Å²) < 4.78 is 23.5. The van der Waals surface area contributed by atoms with Gasteiger partial charge in [-0.2, -0.15) is 0 Å². The van der Waals surface area contributed by atoms with Gasteiger partial charge in [0.25, 0.3) is 5.91 Å². The molecule has 0 radical (unpaired) electrons. The number of hydrogen-bond donors (Lipinski definition) is 2. The SMILES string of the molecule is C=S1(=O)NC(=O)c2ccc3c(c2)N(C[C@@H]2CC[C@H]2[C@](O)(C2CCN(C)CC2)CCC[C@H](C)[C@H]1C)C[C@@]1(CCCc2cc(Cl)ccc21)CO3. The standard InChI is InChI=1S/C39H54ClN3O4S/c1-26-7-5-18-39(45,31-15-19-42(3)20-16-31)34-12-9-30(34)23-43-24-38(17-6-8-28-21-32(40)11-13-33(28)38)25-47-36-14-10-29(22-35(36)43)37(44)41-48(4,46)27(26)2/h10-11,13-14,21-22,26-27,30-31,34,45H,4-9,12,15-20,23-25H2,1-3H3,(H,41,44,46)/t26-,27+,30-,34+,38-,39+,48?/m0/s1. The van der Waals surface area contributed by atoms with Crippen LogP contribution in [-0.2, 0) is 21.5 Å². The van der Waals surface area contributed by atoms with Crippen molar-refractivity contribution >= 4 is 38.8 Å². The predicted octanol–water partition coefficient (Wildman–Crippen LogP) is 6.48. The van der Waals surface area contributed by atoms with Crippen molar-refractivity contribution < 1.29 is 18.8 Å². The predicted molar refractivity (Wildman–Crippen MR) is 197 cm³/mol. The first-order chi connectivity index (χ1) is 22.9. The first kappa shape index (κ1) is 34.2. The van der Waals surface area contributed by atoms with Gasteiger partial charge in [0, 0.05) is 34.3 Å². The van der Waals surface area contributed by atoms with Crippen LogP contribution in [0.1, 0.15) is 93.1 Å². The smallest absolute Gasteiger partial charge is 0.262 e. The van der Waals surface area contributed by atoms with Crippen molar-refractivity contribution in [3.05, 3.63) is 58.1 Å². The Morgan fingerprint density at radius 2 is 1.83 bits per heavy atom. The first-order valence-electron chi connectivity index (χ1n) is 18.3. The second-order valence-electron chi connectivity index (χ2n) is 16.0. The van der Waals surface area contributed by atoms with E-state index < -0.39 is 15.3 Å². The second kappa shape index (κ2) is 13.1. The molecule has 2 aliphatic carbocycles. The third kappa shape index (κ3) is 6.29. The molecule has 1 amide bonds. The summed E-state index contributed by atoms with van der Waals surface area (Å²) in [4.78, 5) is 18.6. The number of benzene rings is 2. The van der Waals surface area contributed by atoms with E-state index in [9.17, 15) is 14.1 Å². The fraction of sp³-hybridized carbons (Fsp3) is 0.641. The highest BCUT2D eigenvalue weighted by Gasteiger charge is 2.52. The number of amides is 1. The number of ether oxygens (including phenoxy) is 1. The summed E-state index contributed by atoms with van der Waals surface area (Å²) in [6.45, 7) is 8.19. The van der Waals surface area contributed by atoms with E-state index in [1.54, 1.807) is 6.07 Å². The summed E-state index contributed by atoms with van der Waals surface area (Å²) in [5, 5.41) is 13.4. The van der Waals surface area contributed by atoms with Crippen LogP contribution in [0.15, 0.2) is 36.4 Å². The number of likely N-dealkylation sites (tertiary alicyclic amines) is 1. The Morgan fingerprint density at radius 1 is 1.04 bits per heavy atom.